The molecular weight excluding hydrogens is 262 g/mol. The lowest BCUT2D eigenvalue weighted by Gasteiger charge is -2.10. The van der Waals surface area contributed by atoms with Crippen LogP contribution in [0, 0.1) is 0 Å². The van der Waals surface area contributed by atoms with Gasteiger partial charge in [-0.2, -0.15) is 8.78 Å². The minimum absolute atomic E-state index is 0.102. The zero-order chi connectivity index (χ0) is 14.5. The van der Waals surface area contributed by atoms with Crippen LogP contribution < -0.4 is 4.74 Å². The van der Waals surface area contributed by atoms with E-state index in [0.717, 1.165) is 12.0 Å². The molecule has 0 fully saturated rings. The van der Waals surface area contributed by atoms with Gasteiger partial charge in [0.25, 0.3) is 0 Å². The second kappa shape index (κ2) is 6.28. The summed E-state index contributed by atoms with van der Waals surface area (Å²) in [6, 6.07) is 13.1. The van der Waals surface area contributed by atoms with Gasteiger partial charge in [-0.1, -0.05) is 37.3 Å². The van der Waals surface area contributed by atoms with Crippen molar-refractivity contribution in [2.24, 2.45) is 0 Å². The molecule has 0 N–H and O–H groups in total. The van der Waals surface area contributed by atoms with Crippen LogP contribution in [0.5, 0.6) is 5.75 Å². The van der Waals surface area contributed by atoms with Crippen molar-refractivity contribution in [2.75, 3.05) is 0 Å². The molecule has 0 spiro atoms. The molecule has 0 aliphatic carbocycles. The van der Waals surface area contributed by atoms with Gasteiger partial charge in [0.2, 0.25) is 0 Å². The summed E-state index contributed by atoms with van der Waals surface area (Å²) in [5, 5.41) is 0. The van der Waals surface area contributed by atoms with Gasteiger partial charge < -0.3 is 4.74 Å². The second-order valence-corrected chi connectivity index (χ2v) is 4.26. The molecule has 2 aromatic carbocycles. The normalized spacial score (nSPS) is 10.6. The first kappa shape index (κ1) is 14.2. The van der Waals surface area contributed by atoms with E-state index in [1.54, 1.807) is 30.3 Å². The number of hydrogen-bond donors (Lipinski definition) is 0. The minimum atomic E-state index is -2.95. The summed E-state index contributed by atoms with van der Waals surface area (Å²) in [6.07, 6.45) is 0.802. The predicted molar refractivity (Wildman–Crippen MR) is 72.3 cm³/mol. The van der Waals surface area contributed by atoms with Crippen molar-refractivity contribution < 1.29 is 18.3 Å². The topological polar surface area (TPSA) is 26.3 Å². The first-order valence-corrected chi connectivity index (χ1v) is 6.29. The van der Waals surface area contributed by atoms with Gasteiger partial charge in [-0.3, -0.25) is 4.79 Å². The summed E-state index contributed by atoms with van der Waals surface area (Å²) in [6.45, 7) is -0.969. The molecule has 2 nitrogen and oxygen atoms in total. The van der Waals surface area contributed by atoms with E-state index < -0.39 is 6.61 Å². The summed E-state index contributed by atoms with van der Waals surface area (Å²) >= 11 is 0. The molecule has 0 unspecified atom stereocenters. The number of ketones is 1. The summed E-state index contributed by atoms with van der Waals surface area (Å²) in [5.41, 5.74) is 1.62. The number of alkyl halides is 2. The fraction of sp³-hybridized carbons (Fsp3) is 0.188. The van der Waals surface area contributed by atoms with Crippen molar-refractivity contribution in [1.82, 2.24) is 0 Å². The standard InChI is InChI=1S/C16H14F2O2/c1-2-11-6-5-7-12(10-11)15(19)13-8-3-4-9-14(13)20-16(17)18/h3-10,16H,2H2,1H3. The van der Waals surface area contributed by atoms with Gasteiger partial charge in [0.05, 0.1) is 5.56 Å². The lowest BCUT2D eigenvalue weighted by Crippen LogP contribution is -2.09. The highest BCUT2D eigenvalue weighted by Crippen LogP contribution is 2.23. The Kier molecular flexibility index (Phi) is 4.45. The molecule has 2 aromatic rings. The average Bonchev–Trinajstić information content (AvgIpc) is 2.46. The van der Waals surface area contributed by atoms with E-state index in [2.05, 4.69) is 4.74 Å². The third-order valence-corrected chi connectivity index (χ3v) is 2.95. The number of para-hydroxylation sites is 1. The monoisotopic (exact) mass is 276 g/mol. The van der Waals surface area contributed by atoms with Crippen LogP contribution >= 0.6 is 0 Å². The predicted octanol–water partition coefficient (Wildman–Crippen LogP) is 4.08. The first-order valence-electron chi connectivity index (χ1n) is 6.29. The van der Waals surface area contributed by atoms with Crippen molar-refractivity contribution in [3.8, 4) is 5.75 Å². The Labute approximate surface area is 116 Å². The zero-order valence-corrected chi connectivity index (χ0v) is 11.0. The maximum Gasteiger partial charge on any atom is 0.387 e. The number of rotatable bonds is 5. The van der Waals surface area contributed by atoms with E-state index in [0.29, 0.717) is 5.56 Å². The Morgan fingerprint density at radius 1 is 1.15 bits per heavy atom. The largest absolute Gasteiger partial charge is 0.434 e. The summed E-state index contributed by atoms with van der Waals surface area (Å²) < 4.78 is 29.1. The van der Waals surface area contributed by atoms with Crippen molar-refractivity contribution in [3.63, 3.8) is 0 Å². The van der Waals surface area contributed by atoms with Gasteiger partial charge in [0, 0.05) is 5.56 Å². The number of benzene rings is 2. The third kappa shape index (κ3) is 3.20. The van der Waals surface area contributed by atoms with Gasteiger partial charge in [-0.05, 0) is 30.2 Å². The molecule has 4 heteroatoms. The Hall–Kier alpha value is -2.23. The molecule has 0 amide bonds. The highest BCUT2D eigenvalue weighted by molar-refractivity contribution is 6.10. The maximum absolute atomic E-state index is 12.4. The van der Waals surface area contributed by atoms with E-state index in [1.807, 2.05) is 13.0 Å². The molecule has 0 saturated heterocycles. The lowest BCUT2D eigenvalue weighted by atomic mass is 10.00. The average molecular weight is 276 g/mol. The molecule has 0 heterocycles. The van der Waals surface area contributed by atoms with E-state index in [9.17, 15) is 13.6 Å². The highest BCUT2D eigenvalue weighted by Gasteiger charge is 2.16. The quantitative estimate of drug-likeness (QED) is 0.769. The molecule has 2 rings (SSSR count). The van der Waals surface area contributed by atoms with Gasteiger partial charge in [0.15, 0.2) is 5.78 Å². The molecule has 0 atom stereocenters. The molecule has 0 aliphatic heterocycles. The van der Waals surface area contributed by atoms with Crippen molar-refractivity contribution >= 4 is 5.78 Å². The van der Waals surface area contributed by atoms with E-state index in [1.165, 1.54) is 12.1 Å². The van der Waals surface area contributed by atoms with Gasteiger partial charge >= 0.3 is 6.61 Å². The van der Waals surface area contributed by atoms with E-state index >= 15 is 0 Å². The van der Waals surface area contributed by atoms with Crippen LogP contribution in [-0.4, -0.2) is 12.4 Å². The van der Waals surface area contributed by atoms with Crippen LogP contribution in [0.3, 0.4) is 0 Å². The van der Waals surface area contributed by atoms with Gasteiger partial charge in [-0.15, -0.1) is 0 Å². The van der Waals surface area contributed by atoms with Crippen LogP contribution in [0.2, 0.25) is 0 Å². The Bertz CT molecular complexity index is 609. The highest BCUT2D eigenvalue weighted by atomic mass is 19.3. The molecule has 20 heavy (non-hydrogen) atoms. The SMILES string of the molecule is CCc1cccc(C(=O)c2ccccc2OC(F)F)c1. The summed E-state index contributed by atoms with van der Waals surface area (Å²) in [5.74, 6) is -0.425. The van der Waals surface area contributed by atoms with Crippen molar-refractivity contribution in [3.05, 3.63) is 65.2 Å². The van der Waals surface area contributed by atoms with E-state index in [-0.39, 0.29) is 17.1 Å². The Morgan fingerprint density at radius 2 is 1.90 bits per heavy atom. The lowest BCUT2D eigenvalue weighted by molar-refractivity contribution is -0.0501. The number of carbonyl (C=O) groups excluding carboxylic acids is 1. The minimum Gasteiger partial charge on any atom is -0.434 e. The van der Waals surface area contributed by atoms with Crippen LogP contribution in [-0.2, 0) is 6.42 Å². The Morgan fingerprint density at radius 3 is 2.60 bits per heavy atom. The van der Waals surface area contributed by atoms with Crippen LogP contribution in [0.15, 0.2) is 48.5 Å². The molecule has 0 radical (unpaired) electrons. The van der Waals surface area contributed by atoms with Gasteiger partial charge in [-0.25, -0.2) is 0 Å². The first-order chi connectivity index (χ1) is 9.61. The fourth-order valence-electron chi connectivity index (χ4n) is 1.94. The number of aryl methyl sites for hydroxylation is 1. The number of ether oxygens (including phenoxy) is 1. The van der Waals surface area contributed by atoms with Gasteiger partial charge in [0.1, 0.15) is 5.75 Å². The number of hydrogen-bond acceptors (Lipinski definition) is 2. The number of halogens is 2. The number of carbonyl (C=O) groups is 1. The molecular formula is C16H14F2O2. The fourth-order valence-corrected chi connectivity index (χ4v) is 1.94. The van der Waals surface area contributed by atoms with Crippen LogP contribution in [0.25, 0.3) is 0 Å². The van der Waals surface area contributed by atoms with Crippen molar-refractivity contribution in [1.29, 1.82) is 0 Å². The zero-order valence-electron chi connectivity index (χ0n) is 11.0. The summed E-state index contributed by atoms with van der Waals surface area (Å²) in [7, 11) is 0. The molecule has 0 saturated carbocycles. The van der Waals surface area contributed by atoms with Crippen LogP contribution in [0.4, 0.5) is 8.78 Å². The molecule has 104 valence electrons. The maximum atomic E-state index is 12.4. The molecule has 0 aliphatic rings. The van der Waals surface area contributed by atoms with Crippen LogP contribution in [0.1, 0.15) is 28.4 Å². The molecule has 0 bridgehead atoms. The second-order valence-electron chi connectivity index (χ2n) is 4.26. The van der Waals surface area contributed by atoms with Crippen molar-refractivity contribution in [2.45, 2.75) is 20.0 Å². The Balaban J connectivity index is 2.37. The summed E-state index contributed by atoms with van der Waals surface area (Å²) in [4.78, 5) is 12.4. The third-order valence-electron chi connectivity index (χ3n) is 2.95. The van der Waals surface area contributed by atoms with E-state index in [4.69, 9.17) is 0 Å². The molecule has 0 aromatic heterocycles. The smallest absolute Gasteiger partial charge is 0.387 e.